The molecule has 0 N–H and O–H groups in total. The van der Waals surface area contributed by atoms with Gasteiger partial charge in [-0.25, -0.2) is 0 Å². The maximum absolute atomic E-state index is 11.0. The van der Waals surface area contributed by atoms with Crippen molar-refractivity contribution in [2.24, 2.45) is 5.92 Å². The van der Waals surface area contributed by atoms with E-state index in [4.69, 9.17) is 0 Å². The summed E-state index contributed by atoms with van der Waals surface area (Å²) >= 11 is 0. The van der Waals surface area contributed by atoms with Crippen molar-refractivity contribution in [3.63, 3.8) is 0 Å². The predicted molar refractivity (Wildman–Crippen MR) is 53.0 cm³/mol. The maximum atomic E-state index is 11.0. The summed E-state index contributed by atoms with van der Waals surface area (Å²) in [5.74, 6) is 0.924. The quantitative estimate of drug-likeness (QED) is 0.550. The predicted octanol–water partition coefficient (Wildman–Crippen LogP) is 4.12. The van der Waals surface area contributed by atoms with Crippen LogP contribution in [0, 0.1) is 5.92 Å². The first-order chi connectivity index (χ1) is 5.70. The van der Waals surface area contributed by atoms with Crippen molar-refractivity contribution in [3.8, 4) is 0 Å². The van der Waals surface area contributed by atoms with E-state index in [2.05, 4.69) is 13.5 Å². The lowest BCUT2D eigenvalue weighted by atomic mass is 10.1. The number of rotatable bonds is 2. The van der Waals surface area contributed by atoms with Gasteiger partial charge in [0.25, 0.3) is 0 Å². The van der Waals surface area contributed by atoms with Crippen LogP contribution in [0.15, 0.2) is 12.2 Å². The van der Waals surface area contributed by atoms with E-state index < -0.39 is 0 Å². The number of allylic oxidation sites excluding steroid dienone is 1. The zero-order valence-corrected chi connectivity index (χ0v) is 8.41. The second-order valence-electron chi connectivity index (χ2n) is 3.64. The third kappa shape index (κ3) is 6.38. The van der Waals surface area contributed by atoms with Crippen LogP contribution in [-0.4, -0.2) is 6.67 Å². The Labute approximate surface area is 75.9 Å². The largest absolute Gasteiger partial charge is 0.251 e. The number of halogens is 1. The van der Waals surface area contributed by atoms with Gasteiger partial charge in [0.15, 0.2) is 0 Å². The average Bonchev–Trinajstić information content (AvgIpc) is 2.38. The first kappa shape index (κ1) is 11.7. The molecule has 1 rings (SSSR count). The van der Waals surface area contributed by atoms with Crippen molar-refractivity contribution < 1.29 is 4.39 Å². The summed E-state index contributed by atoms with van der Waals surface area (Å²) in [6, 6.07) is 0. The van der Waals surface area contributed by atoms with Crippen molar-refractivity contribution in [2.45, 2.75) is 46.0 Å². The summed E-state index contributed by atoms with van der Waals surface area (Å²) in [6.07, 6.45) is 5.62. The van der Waals surface area contributed by atoms with Crippen molar-refractivity contribution in [3.05, 3.63) is 12.2 Å². The van der Waals surface area contributed by atoms with E-state index in [1.54, 1.807) is 0 Å². The van der Waals surface area contributed by atoms with Crippen molar-refractivity contribution >= 4 is 0 Å². The lowest BCUT2D eigenvalue weighted by molar-refractivity contribution is 0.469. The normalized spacial score (nSPS) is 21.9. The van der Waals surface area contributed by atoms with Crippen molar-refractivity contribution in [1.29, 1.82) is 0 Å². The van der Waals surface area contributed by atoms with Gasteiger partial charge < -0.3 is 0 Å². The lowest BCUT2D eigenvalue weighted by Gasteiger charge is -1.92. The van der Waals surface area contributed by atoms with Crippen LogP contribution in [0.2, 0.25) is 0 Å². The highest BCUT2D eigenvalue weighted by atomic mass is 19.1. The molecule has 72 valence electrons. The minimum atomic E-state index is -0.156. The Hall–Kier alpha value is -0.330. The molecular weight excluding hydrogens is 151 g/mol. The summed E-state index contributed by atoms with van der Waals surface area (Å²) < 4.78 is 11.0. The minimum absolute atomic E-state index is 0.156. The fraction of sp³-hybridized carbons (Fsp3) is 0.818. The van der Waals surface area contributed by atoms with Gasteiger partial charge in [-0.1, -0.05) is 32.4 Å². The van der Waals surface area contributed by atoms with Gasteiger partial charge in [-0.2, -0.15) is 0 Å². The molecule has 0 aromatic carbocycles. The van der Waals surface area contributed by atoms with E-state index in [9.17, 15) is 4.39 Å². The van der Waals surface area contributed by atoms with E-state index in [0.29, 0.717) is 0 Å². The third-order valence-corrected chi connectivity index (χ3v) is 2.12. The van der Waals surface area contributed by atoms with Gasteiger partial charge in [-0.05, 0) is 31.6 Å². The molecule has 0 heterocycles. The smallest absolute Gasteiger partial charge is 0.0894 e. The van der Waals surface area contributed by atoms with Crippen LogP contribution in [0.1, 0.15) is 46.0 Å². The molecule has 1 heteroatoms. The molecule has 0 saturated heterocycles. The number of hydrogen-bond acceptors (Lipinski definition) is 0. The second kappa shape index (κ2) is 7.33. The monoisotopic (exact) mass is 172 g/mol. The minimum Gasteiger partial charge on any atom is -0.251 e. The summed E-state index contributed by atoms with van der Waals surface area (Å²) in [5, 5.41) is 0. The average molecular weight is 172 g/mol. The van der Waals surface area contributed by atoms with Crippen molar-refractivity contribution in [2.75, 3.05) is 6.67 Å². The molecule has 1 unspecified atom stereocenters. The molecule has 0 nitrogen and oxygen atoms in total. The van der Waals surface area contributed by atoms with Crippen molar-refractivity contribution in [1.82, 2.24) is 0 Å². The lowest BCUT2D eigenvalue weighted by Crippen LogP contribution is -1.79. The van der Waals surface area contributed by atoms with Gasteiger partial charge >= 0.3 is 0 Å². The molecule has 0 aromatic heterocycles. The number of unbranched alkanes of at least 4 members (excludes halogenated alkanes) is 1. The fourth-order valence-corrected chi connectivity index (χ4v) is 1.28. The summed E-state index contributed by atoms with van der Waals surface area (Å²) in [7, 11) is 0. The van der Waals surface area contributed by atoms with Gasteiger partial charge in [0.1, 0.15) is 0 Å². The Morgan fingerprint density at radius 2 is 2.25 bits per heavy atom. The zero-order valence-electron chi connectivity index (χ0n) is 8.41. The molecule has 1 saturated carbocycles. The molecular formula is C11H21F. The molecule has 1 aliphatic carbocycles. The molecule has 12 heavy (non-hydrogen) atoms. The Morgan fingerprint density at radius 3 is 2.33 bits per heavy atom. The highest BCUT2D eigenvalue weighted by molar-refractivity contribution is 5.00. The molecule has 0 amide bonds. The fourth-order valence-electron chi connectivity index (χ4n) is 1.28. The molecule has 0 aromatic rings. The standard InChI is InChI=1S/C7H12.C4H9F/c1-6-3-4-7(2)5-6;1-2-3-4-5/h7H,1,3-5H2,2H3;2-4H2,1H3. The molecule has 0 radical (unpaired) electrons. The molecule has 1 atom stereocenters. The van der Waals surface area contributed by atoms with E-state index in [1.165, 1.54) is 24.8 Å². The Balaban J connectivity index is 0.000000217. The van der Waals surface area contributed by atoms with Gasteiger partial charge in [-0.3, -0.25) is 4.39 Å². The Morgan fingerprint density at radius 1 is 1.58 bits per heavy atom. The van der Waals surface area contributed by atoms with Gasteiger partial charge in [-0.15, -0.1) is 0 Å². The van der Waals surface area contributed by atoms with Gasteiger partial charge in [0, 0.05) is 0 Å². The first-order valence-corrected chi connectivity index (χ1v) is 4.93. The maximum Gasteiger partial charge on any atom is 0.0894 e. The highest BCUT2D eigenvalue weighted by Crippen LogP contribution is 2.27. The van der Waals surface area contributed by atoms with E-state index in [1.807, 2.05) is 6.92 Å². The van der Waals surface area contributed by atoms with Crippen LogP contribution in [0.4, 0.5) is 4.39 Å². The SMILES string of the molecule is C=C1CCC(C)C1.CCCCF. The van der Waals surface area contributed by atoms with Crippen LogP contribution in [0.3, 0.4) is 0 Å². The zero-order chi connectivity index (χ0) is 9.40. The van der Waals surface area contributed by atoms with Crippen LogP contribution in [0.5, 0.6) is 0 Å². The molecule has 0 bridgehead atoms. The summed E-state index contributed by atoms with van der Waals surface area (Å²) in [5.41, 5.74) is 1.45. The van der Waals surface area contributed by atoms with Crippen LogP contribution in [-0.2, 0) is 0 Å². The van der Waals surface area contributed by atoms with E-state index >= 15 is 0 Å². The molecule has 1 fully saturated rings. The topological polar surface area (TPSA) is 0 Å². The van der Waals surface area contributed by atoms with Gasteiger partial charge in [0.2, 0.25) is 0 Å². The molecule has 0 aliphatic heterocycles. The number of alkyl halides is 1. The molecule has 1 aliphatic rings. The summed E-state index contributed by atoms with van der Waals surface area (Å²) in [4.78, 5) is 0. The van der Waals surface area contributed by atoms with Crippen LogP contribution < -0.4 is 0 Å². The van der Waals surface area contributed by atoms with Crippen LogP contribution >= 0.6 is 0 Å². The Bertz CT molecular complexity index is 116. The number of hydrogen-bond donors (Lipinski definition) is 0. The van der Waals surface area contributed by atoms with Crippen LogP contribution in [0.25, 0.3) is 0 Å². The molecule has 0 spiro atoms. The summed E-state index contributed by atoms with van der Waals surface area (Å²) in [6.45, 7) is 8.01. The van der Waals surface area contributed by atoms with E-state index in [0.717, 1.165) is 18.8 Å². The highest BCUT2D eigenvalue weighted by Gasteiger charge is 2.11. The third-order valence-electron chi connectivity index (χ3n) is 2.12. The van der Waals surface area contributed by atoms with E-state index in [-0.39, 0.29) is 6.67 Å². The first-order valence-electron chi connectivity index (χ1n) is 4.93. The van der Waals surface area contributed by atoms with Gasteiger partial charge in [0.05, 0.1) is 6.67 Å². The second-order valence-corrected chi connectivity index (χ2v) is 3.64. The Kier molecular flexibility index (Phi) is 7.12.